The molecule has 0 amide bonds. The molecule has 0 saturated heterocycles. The molecule has 0 aromatic carbocycles. The second kappa shape index (κ2) is 8.29. The molecular formula is C11H19NO4. The molecule has 92 valence electrons. The average molecular weight is 229 g/mol. The van der Waals surface area contributed by atoms with Crippen LogP contribution in [0.15, 0.2) is 16.7 Å². The van der Waals surface area contributed by atoms with Crippen LogP contribution in [0.2, 0.25) is 0 Å². The third kappa shape index (κ3) is 4.76. The molecule has 0 saturated carbocycles. The summed E-state index contributed by atoms with van der Waals surface area (Å²) in [5.41, 5.74) is 6.51. The zero-order valence-corrected chi connectivity index (χ0v) is 9.61. The van der Waals surface area contributed by atoms with Gasteiger partial charge in [0, 0.05) is 19.2 Å². The highest BCUT2D eigenvalue weighted by Gasteiger charge is 2.03. The number of rotatable bonds is 9. The van der Waals surface area contributed by atoms with Crippen molar-refractivity contribution in [1.29, 1.82) is 0 Å². The van der Waals surface area contributed by atoms with Crippen LogP contribution in [0.25, 0.3) is 0 Å². The summed E-state index contributed by atoms with van der Waals surface area (Å²) >= 11 is 0. The van der Waals surface area contributed by atoms with E-state index >= 15 is 0 Å². The fourth-order valence-electron chi connectivity index (χ4n) is 1.20. The lowest BCUT2D eigenvalue weighted by Gasteiger charge is -2.05. The van der Waals surface area contributed by atoms with Crippen LogP contribution < -0.4 is 5.73 Å². The maximum atomic E-state index is 5.53. The van der Waals surface area contributed by atoms with Crippen LogP contribution in [0.5, 0.6) is 0 Å². The molecule has 2 N–H and O–H groups in total. The highest BCUT2D eigenvalue weighted by molar-refractivity contribution is 5.15. The van der Waals surface area contributed by atoms with E-state index in [1.807, 2.05) is 6.07 Å². The van der Waals surface area contributed by atoms with Crippen molar-refractivity contribution in [3.63, 3.8) is 0 Å². The zero-order chi connectivity index (χ0) is 11.6. The number of nitrogens with two attached hydrogens (primary N) is 1. The smallest absolute Gasteiger partial charge is 0.133 e. The third-order valence-corrected chi connectivity index (χ3v) is 2.09. The first kappa shape index (κ1) is 13.2. The largest absolute Gasteiger partial charge is 0.467 e. The van der Waals surface area contributed by atoms with Gasteiger partial charge in [0.1, 0.15) is 12.4 Å². The molecule has 5 heteroatoms. The standard InChI is InChI=1S/C11H19NO4/c1-13-4-5-14-6-7-15-9-11-10(8-12)2-3-16-11/h2-3H,4-9,12H2,1H3. The minimum absolute atomic E-state index is 0.438. The minimum atomic E-state index is 0.438. The Hall–Kier alpha value is -0.880. The lowest BCUT2D eigenvalue weighted by atomic mass is 10.2. The van der Waals surface area contributed by atoms with Crippen LogP contribution in [-0.4, -0.2) is 33.5 Å². The van der Waals surface area contributed by atoms with Crippen LogP contribution >= 0.6 is 0 Å². The summed E-state index contributed by atoms with van der Waals surface area (Å²) in [5.74, 6) is 0.791. The summed E-state index contributed by atoms with van der Waals surface area (Å²) in [6.45, 7) is 3.20. The summed E-state index contributed by atoms with van der Waals surface area (Å²) < 4.78 is 20.7. The third-order valence-electron chi connectivity index (χ3n) is 2.09. The Morgan fingerprint density at radius 3 is 2.69 bits per heavy atom. The van der Waals surface area contributed by atoms with E-state index in [0.717, 1.165) is 11.3 Å². The fraction of sp³-hybridized carbons (Fsp3) is 0.636. The number of ether oxygens (including phenoxy) is 3. The van der Waals surface area contributed by atoms with E-state index in [1.54, 1.807) is 13.4 Å². The van der Waals surface area contributed by atoms with Crippen molar-refractivity contribution < 1.29 is 18.6 Å². The second-order valence-corrected chi connectivity index (χ2v) is 3.23. The molecule has 0 aliphatic heterocycles. The van der Waals surface area contributed by atoms with E-state index in [1.165, 1.54) is 0 Å². The van der Waals surface area contributed by atoms with Crippen LogP contribution in [0, 0.1) is 0 Å². The van der Waals surface area contributed by atoms with Gasteiger partial charge in [0.2, 0.25) is 0 Å². The van der Waals surface area contributed by atoms with Gasteiger partial charge in [-0.3, -0.25) is 0 Å². The zero-order valence-electron chi connectivity index (χ0n) is 9.61. The first-order valence-electron chi connectivity index (χ1n) is 5.28. The maximum absolute atomic E-state index is 5.53. The summed E-state index contributed by atoms with van der Waals surface area (Å²) in [6.07, 6.45) is 1.62. The van der Waals surface area contributed by atoms with E-state index < -0.39 is 0 Å². The maximum Gasteiger partial charge on any atom is 0.133 e. The van der Waals surface area contributed by atoms with E-state index in [2.05, 4.69) is 0 Å². The van der Waals surface area contributed by atoms with Gasteiger partial charge in [-0.05, 0) is 6.07 Å². The topological polar surface area (TPSA) is 66.8 Å². The Morgan fingerprint density at radius 1 is 1.19 bits per heavy atom. The first-order valence-corrected chi connectivity index (χ1v) is 5.28. The molecule has 0 fully saturated rings. The van der Waals surface area contributed by atoms with Crippen LogP contribution in [0.4, 0.5) is 0 Å². The van der Waals surface area contributed by atoms with Crippen molar-refractivity contribution in [2.24, 2.45) is 5.73 Å². The van der Waals surface area contributed by atoms with E-state index in [4.69, 9.17) is 24.4 Å². The van der Waals surface area contributed by atoms with Gasteiger partial charge in [-0.15, -0.1) is 0 Å². The van der Waals surface area contributed by atoms with Crippen molar-refractivity contribution in [2.75, 3.05) is 33.5 Å². The Labute approximate surface area is 95.5 Å². The number of hydrogen-bond acceptors (Lipinski definition) is 5. The van der Waals surface area contributed by atoms with Crippen molar-refractivity contribution in [1.82, 2.24) is 0 Å². The predicted octanol–water partition coefficient (Wildman–Crippen LogP) is 0.918. The molecule has 0 aliphatic carbocycles. The molecular weight excluding hydrogens is 210 g/mol. The van der Waals surface area contributed by atoms with Gasteiger partial charge in [0.15, 0.2) is 0 Å². The normalized spacial score (nSPS) is 10.9. The number of furan rings is 1. The fourth-order valence-corrected chi connectivity index (χ4v) is 1.20. The molecule has 0 atom stereocenters. The van der Waals surface area contributed by atoms with Gasteiger partial charge in [0.05, 0.1) is 32.7 Å². The minimum Gasteiger partial charge on any atom is -0.467 e. The second-order valence-electron chi connectivity index (χ2n) is 3.23. The molecule has 1 aromatic rings. The molecule has 5 nitrogen and oxygen atoms in total. The van der Waals surface area contributed by atoms with E-state index in [9.17, 15) is 0 Å². The van der Waals surface area contributed by atoms with Crippen molar-refractivity contribution in [3.8, 4) is 0 Å². The summed E-state index contributed by atoms with van der Waals surface area (Å²) in [5, 5.41) is 0. The molecule has 0 spiro atoms. The van der Waals surface area contributed by atoms with Gasteiger partial charge in [-0.1, -0.05) is 0 Å². The predicted molar refractivity (Wildman–Crippen MR) is 59.0 cm³/mol. The molecule has 0 radical (unpaired) electrons. The van der Waals surface area contributed by atoms with Crippen LogP contribution in [0.1, 0.15) is 11.3 Å². The highest BCUT2D eigenvalue weighted by atomic mass is 16.5. The van der Waals surface area contributed by atoms with Gasteiger partial charge in [-0.2, -0.15) is 0 Å². The van der Waals surface area contributed by atoms with Gasteiger partial charge < -0.3 is 24.4 Å². The lowest BCUT2D eigenvalue weighted by Crippen LogP contribution is -2.08. The number of methoxy groups -OCH3 is 1. The van der Waals surface area contributed by atoms with Crippen molar-refractivity contribution in [2.45, 2.75) is 13.2 Å². The lowest BCUT2D eigenvalue weighted by molar-refractivity contribution is 0.0159. The van der Waals surface area contributed by atoms with Crippen molar-refractivity contribution in [3.05, 3.63) is 23.7 Å². The summed E-state index contributed by atoms with van der Waals surface area (Å²) in [7, 11) is 1.64. The quantitative estimate of drug-likeness (QED) is 0.638. The molecule has 0 bridgehead atoms. The Balaban J connectivity index is 2.03. The molecule has 16 heavy (non-hydrogen) atoms. The Morgan fingerprint density at radius 2 is 1.94 bits per heavy atom. The average Bonchev–Trinajstić information content (AvgIpc) is 2.75. The van der Waals surface area contributed by atoms with E-state index in [-0.39, 0.29) is 0 Å². The number of hydrogen-bond donors (Lipinski definition) is 1. The molecule has 1 aromatic heterocycles. The SMILES string of the molecule is COCCOCCOCc1occc1CN. The van der Waals surface area contributed by atoms with Gasteiger partial charge in [-0.25, -0.2) is 0 Å². The highest BCUT2D eigenvalue weighted by Crippen LogP contribution is 2.10. The molecule has 1 heterocycles. The Bertz CT molecular complexity index is 275. The van der Waals surface area contributed by atoms with Gasteiger partial charge in [0.25, 0.3) is 0 Å². The first-order chi connectivity index (χ1) is 7.88. The van der Waals surface area contributed by atoms with E-state index in [0.29, 0.717) is 39.6 Å². The summed E-state index contributed by atoms with van der Waals surface area (Å²) in [6, 6.07) is 1.85. The molecule has 1 rings (SSSR count). The van der Waals surface area contributed by atoms with Crippen molar-refractivity contribution >= 4 is 0 Å². The molecule has 0 aliphatic rings. The molecule has 0 unspecified atom stereocenters. The Kier molecular flexibility index (Phi) is 6.83. The van der Waals surface area contributed by atoms with Crippen LogP contribution in [-0.2, 0) is 27.4 Å². The van der Waals surface area contributed by atoms with Gasteiger partial charge >= 0.3 is 0 Å². The summed E-state index contributed by atoms with van der Waals surface area (Å²) in [4.78, 5) is 0. The monoisotopic (exact) mass is 229 g/mol. The van der Waals surface area contributed by atoms with Crippen LogP contribution in [0.3, 0.4) is 0 Å².